The van der Waals surface area contributed by atoms with Crippen molar-refractivity contribution in [1.82, 2.24) is 33.5 Å². The van der Waals surface area contributed by atoms with Crippen LogP contribution in [0.25, 0.3) is 0 Å². The van der Waals surface area contributed by atoms with Gasteiger partial charge < -0.3 is 14.0 Å². The van der Waals surface area contributed by atoms with Crippen molar-refractivity contribution in [3.05, 3.63) is 24.2 Å². The first-order valence-corrected chi connectivity index (χ1v) is 11.9. The normalized spacial score (nSPS) is 19.1. The molecule has 164 valence electrons. The molecule has 4 rings (SSSR count). The molecule has 0 radical (unpaired) electrons. The Bertz CT molecular complexity index is 1020. The van der Waals surface area contributed by atoms with E-state index in [9.17, 15) is 13.2 Å². The highest BCUT2D eigenvalue weighted by atomic mass is 32.2. The lowest BCUT2D eigenvalue weighted by Crippen LogP contribution is -2.39. The number of fused-ring (bicyclic) bond motifs is 1. The Morgan fingerprint density at radius 3 is 2.47 bits per heavy atom. The third-order valence-corrected chi connectivity index (χ3v) is 7.75. The number of aromatic nitrogens is 5. The van der Waals surface area contributed by atoms with E-state index in [2.05, 4.69) is 19.7 Å². The van der Waals surface area contributed by atoms with Gasteiger partial charge in [0.05, 0.1) is 6.33 Å². The van der Waals surface area contributed by atoms with Crippen LogP contribution in [0.5, 0.6) is 0 Å². The van der Waals surface area contributed by atoms with E-state index in [1.54, 1.807) is 11.6 Å². The number of sulfonamides is 1. The number of hydrogen-bond acceptors (Lipinski definition) is 6. The fraction of sp³-hybridized carbons (Fsp3) is 0.684. The van der Waals surface area contributed by atoms with Gasteiger partial charge in [-0.15, -0.1) is 10.2 Å². The Hall–Kier alpha value is -2.27. The van der Waals surface area contributed by atoms with Crippen LogP contribution < -0.4 is 0 Å². The summed E-state index contributed by atoms with van der Waals surface area (Å²) in [7, 11) is -1.81. The summed E-state index contributed by atoms with van der Waals surface area (Å²) in [6.45, 7) is 6.71. The summed E-state index contributed by atoms with van der Waals surface area (Å²) in [6, 6.07) is 0. The number of nitrogens with zero attached hydrogens (tertiary/aromatic N) is 7. The van der Waals surface area contributed by atoms with Gasteiger partial charge in [0, 0.05) is 64.2 Å². The van der Waals surface area contributed by atoms with Crippen molar-refractivity contribution in [3.63, 3.8) is 0 Å². The summed E-state index contributed by atoms with van der Waals surface area (Å²) in [5.41, 5.74) is 0. The molecule has 4 heterocycles. The number of hydrogen-bond donors (Lipinski definition) is 0. The molecule has 0 unspecified atom stereocenters. The molecule has 1 amide bonds. The zero-order valence-electron chi connectivity index (χ0n) is 17.7. The van der Waals surface area contributed by atoms with Crippen LogP contribution >= 0.6 is 0 Å². The number of piperidine rings is 1. The Balaban J connectivity index is 1.44. The van der Waals surface area contributed by atoms with Gasteiger partial charge in [-0.2, -0.15) is 4.31 Å². The lowest BCUT2D eigenvalue weighted by molar-refractivity contribution is -0.134. The standard InChI is InChI=1S/C19H29N7O3S/c1-14(2)19(27)24-7-6-16-21-22-18(26(16)11-10-24)15-4-8-25(9-5-15)30(28,29)17-12-23(3)13-20-17/h12-15H,4-11H2,1-3H3. The molecule has 0 N–H and O–H groups in total. The molecule has 0 aromatic carbocycles. The monoisotopic (exact) mass is 435 g/mol. The molecule has 10 nitrogen and oxygen atoms in total. The van der Waals surface area contributed by atoms with Crippen molar-refractivity contribution in [2.24, 2.45) is 13.0 Å². The van der Waals surface area contributed by atoms with Crippen LogP contribution in [0.15, 0.2) is 17.6 Å². The van der Waals surface area contributed by atoms with Crippen LogP contribution in [0.2, 0.25) is 0 Å². The van der Waals surface area contributed by atoms with E-state index in [0.717, 1.165) is 11.6 Å². The van der Waals surface area contributed by atoms with E-state index in [4.69, 9.17) is 0 Å². The molecule has 2 aromatic heterocycles. The molecule has 2 aliphatic heterocycles. The zero-order valence-corrected chi connectivity index (χ0v) is 18.5. The minimum Gasteiger partial charge on any atom is -0.340 e. The van der Waals surface area contributed by atoms with E-state index in [-0.39, 0.29) is 22.8 Å². The molecule has 30 heavy (non-hydrogen) atoms. The summed E-state index contributed by atoms with van der Waals surface area (Å²) in [6.07, 6.45) is 5.11. The highest BCUT2D eigenvalue weighted by molar-refractivity contribution is 7.89. The largest absolute Gasteiger partial charge is 0.340 e. The number of amides is 1. The minimum atomic E-state index is -3.57. The minimum absolute atomic E-state index is 0.0154. The van der Waals surface area contributed by atoms with E-state index < -0.39 is 10.0 Å². The summed E-state index contributed by atoms with van der Waals surface area (Å²) in [4.78, 5) is 18.3. The lowest BCUT2D eigenvalue weighted by Gasteiger charge is -2.30. The Morgan fingerprint density at radius 1 is 1.10 bits per heavy atom. The van der Waals surface area contributed by atoms with Crippen LogP contribution in [0.4, 0.5) is 0 Å². The van der Waals surface area contributed by atoms with Gasteiger partial charge in [0.25, 0.3) is 10.0 Å². The van der Waals surface area contributed by atoms with Gasteiger partial charge in [-0.05, 0) is 12.8 Å². The number of imidazole rings is 1. The van der Waals surface area contributed by atoms with E-state index in [0.29, 0.717) is 52.0 Å². The smallest absolute Gasteiger partial charge is 0.262 e. The molecule has 0 spiro atoms. The molecule has 2 aliphatic rings. The molecule has 1 fully saturated rings. The number of carbonyl (C=O) groups is 1. The van der Waals surface area contributed by atoms with E-state index in [1.165, 1.54) is 16.8 Å². The van der Waals surface area contributed by atoms with Gasteiger partial charge in [-0.1, -0.05) is 13.8 Å². The molecular weight excluding hydrogens is 406 g/mol. The van der Waals surface area contributed by atoms with Gasteiger partial charge in [-0.3, -0.25) is 4.79 Å². The van der Waals surface area contributed by atoms with Crippen molar-refractivity contribution in [1.29, 1.82) is 0 Å². The van der Waals surface area contributed by atoms with Crippen LogP contribution in [0.3, 0.4) is 0 Å². The second-order valence-corrected chi connectivity index (χ2v) is 10.3. The lowest BCUT2D eigenvalue weighted by atomic mass is 9.97. The molecule has 11 heteroatoms. The van der Waals surface area contributed by atoms with Gasteiger partial charge in [0.15, 0.2) is 5.03 Å². The Morgan fingerprint density at radius 2 is 1.83 bits per heavy atom. The fourth-order valence-corrected chi connectivity index (χ4v) is 5.68. The number of aryl methyl sites for hydroxylation is 1. The number of rotatable bonds is 4. The molecule has 2 aromatic rings. The third kappa shape index (κ3) is 3.87. The first kappa shape index (κ1) is 21.0. The molecule has 0 bridgehead atoms. The maximum atomic E-state index is 12.8. The van der Waals surface area contributed by atoms with Gasteiger partial charge >= 0.3 is 0 Å². The molecule has 0 aliphatic carbocycles. The SMILES string of the molecule is CC(C)C(=O)N1CCc2nnc(C3CCN(S(=O)(=O)c4cn(C)cn4)CC3)n2CC1. The zero-order chi connectivity index (χ0) is 21.5. The highest BCUT2D eigenvalue weighted by Gasteiger charge is 2.34. The molecule has 1 saturated heterocycles. The highest BCUT2D eigenvalue weighted by Crippen LogP contribution is 2.30. The molecule has 0 saturated carbocycles. The van der Waals surface area contributed by atoms with Gasteiger partial charge in [0.1, 0.15) is 11.6 Å². The van der Waals surface area contributed by atoms with E-state index >= 15 is 0 Å². The van der Waals surface area contributed by atoms with Crippen LogP contribution in [0.1, 0.15) is 44.3 Å². The molecular formula is C19H29N7O3S. The summed E-state index contributed by atoms with van der Waals surface area (Å²) < 4.78 is 30.9. The maximum absolute atomic E-state index is 12.8. The number of carbonyl (C=O) groups excluding carboxylic acids is 1. The topological polar surface area (TPSA) is 106 Å². The van der Waals surface area contributed by atoms with Crippen molar-refractivity contribution >= 4 is 15.9 Å². The second-order valence-electron chi connectivity index (χ2n) is 8.41. The maximum Gasteiger partial charge on any atom is 0.262 e. The van der Waals surface area contributed by atoms with Crippen molar-refractivity contribution in [2.45, 2.75) is 50.6 Å². The third-order valence-electron chi connectivity index (χ3n) is 5.96. The predicted octanol–water partition coefficient (Wildman–Crippen LogP) is 0.621. The van der Waals surface area contributed by atoms with Crippen molar-refractivity contribution in [3.8, 4) is 0 Å². The Kier molecular flexibility index (Phi) is 5.67. The van der Waals surface area contributed by atoms with Crippen LogP contribution in [0, 0.1) is 5.92 Å². The van der Waals surface area contributed by atoms with Crippen LogP contribution in [-0.2, 0) is 34.8 Å². The van der Waals surface area contributed by atoms with Crippen LogP contribution in [-0.4, -0.2) is 74.0 Å². The molecule has 0 atom stereocenters. The average molecular weight is 436 g/mol. The summed E-state index contributed by atoms with van der Waals surface area (Å²) >= 11 is 0. The Labute approximate surface area is 176 Å². The predicted molar refractivity (Wildman–Crippen MR) is 109 cm³/mol. The second kappa shape index (κ2) is 8.10. The fourth-order valence-electron chi connectivity index (χ4n) is 4.24. The first-order valence-electron chi connectivity index (χ1n) is 10.5. The quantitative estimate of drug-likeness (QED) is 0.697. The van der Waals surface area contributed by atoms with Gasteiger partial charge in [-0.25, -0.2) is 13.4 Å². The van der Waals surface area contributed by atoms with Crippen molar-refractivity contribution in [2.75, 3.05) is 26.2 Å². The average Bonchev–Trinajstić information content (AvgIpc) is 3.29. The van der Waals surface area contributed by atoms with Gasteiger partial charge in [0.2, 0.25) is 5.91 Å². The summed E-state index contributed by atoms with van der Waals surface area (Å²) in [5, 5.41) is 8.91. The summed E-state index contributed by atoms with van der Waals surface area (Å²) in [5.74, 6) is 2.14. The van der Waals surface area contributed by atoms with Crippen molar-refractivity contribution < 1.29 is 13.2 Å². The first-order chi connectivity index (χ1) is 14.3. The van der Waals surface area contributed by atoms with E-state index in [1.807, 2.05) is 18.7 Å².